The molecular weight excluding hydrogens is 445 g/mol. The number of benzene rings is 3. The van der Waals surface area contributed by atoms with E-state index in [1.165, 1.54) is 19.2 Å². The summed E-state index contributed by atoms with van der Waals surface area (Å²) < 4.78 is 19.6. The average molecular weight is 476 g/mol. The van der Waals surface area contributed by atoms with Crippen molar-refractivity contribution in [2.24, 2.45) is 0 Å². The van der Waals surface area contributed by atoms with E-state index in [9.17, 15) is 14.0 Å². The van der Waals surface area contributed by atoms with Crippen molar-refractivity contribution in [1.29, 1.82) is 0 Å². The van der Waals surface area contributed by atoms with Gasteiger partial charge in [-0.25, -0.2) is 4.39 Å². The highest BCUT2D eigenvalue weighted by Crippen LogP contribution is 2.37. The van der Waals surface area contributed by atoms with Crippen LogP contribution in [-0.4, -0.2) is 44.5 Å². The van der Waals surface area contributed by atoms with Crippen LogP contribution in [0.25, 0.3) is 0 Å². The van der Waals surface area contributed by atoms with Crippen LogP contribution in [0.4, 0.5) is 15.8 Å². The Kier molecular flexibility index (Phi) is 7.17. The van der Waals surface area contributed by atoms with Gasteiger partial charge in [-0.2, -0.15) is 0 Å². The fourth-order valence-corrected chi connectivity index (χ4v) is 4.60. The Morgan fingerprint density at radius 3 is 2.57 bits per heavy atom. The highest BCUT2D eigenvalue weighted by atomic mass is 19.1. The van der Waals surface area contributed by atoms with E-state index in [1.807, 2.05) is 39.2 Å². The van der Waals surface area contributed by atoms with E-state index in [0.717, 1.165) is 24.0 Å². The molecule has 1 heterocycles. The molecule has 1 unspecified atom stereocenters. The molecule has 0 saturated carbocycles. The van der Waals surface area contributed by atoms with Gasteiger partial charge in [0.2, 0.25) is 0 Å². The molecule has 7 heteroatoms. The van der Waals surface area contributed by atoms with Gasteiger partial charge in [-0.3, -0.25) is 9.59 Å². The standard InChI is InChI=1S/C28H30FN3O3/c1-18-8-5-6-9-21(18)27(33)30-23-13-11-19(16-26(23)35-4)28(34)32-15-7-10-24(31(2)3)22-17-20(29)12-14-25(22)32/h5-6,8-9,11-14,16-17,24H,7,10,15H2,1-4H3,(H,30,33). The van der Waals surface area contributed by atoms with Crippen molar-refractivity contribution in [2.75, 3.05) is 38.0 Å². The molecule has 4 rings (SSSR count). The molecule has 2 amide bonds. The predicted molar refractivity (Wildman–Crippen MR) is 136 cm³/mol. The van der Waals surface area contributed by atoms with E-state index < -0.39 is 0 Å². The third-order valence-corrected chi connectivity index (χ3v) is 6.45. The van der Waals surface area contributed by atoms with E-state index >= 15 is 0 Å². The molecule has 6 nitrogen and oxygen atoms in total. The van der Waals surface area contributed by atoms with Crippen LogP contribution in [0, 0.1) is 12.7 Å². The summed E-state index contributed by atoms with van der Waals surface area (Å²) in [5, 5.41) is 2.88. The van der Waals surface area contributed by atoms with Gasteiger partial charge in [0, 0.05) is 29.4 Å². The number of nitrogens with zero attached hydrogens (tertiary/aromatic N) is 2. The number of methoxy groups -OCH3 is 1. The van der Waals surface area contributed by atoms with Gasteiger partial charge in [-0.05, 0) is 87.5 Å². The number of rotatable bonds is 5. The van der Waals surface area contributed by atoms with Crippen LogP contribution in [0.5, 0.6) is 5.75 Å². The van der Waals surface area contributed by atoms with Crippen molar-refractivity contribution >= 4 is 23.2 Å². The molecule has 0 aromatic heterocycles. The largest absolute Gasteiger partial charge is 0.495 e. The summed E-state index contributed by atoms with van der Waals surface area (Å²) in [6.45, 7) is 2.40. The number of halogens is 1. The number of carbonyl (C=O) groups excluding carboxylic acids is 2. The summed E-state index contributed by atoms with van der Waals surface area (Å²) in [4.78, 5) is 30.2. The van der Waals surface area contributed by atoms with E-state index in [1.54, 1.807) is 35.2 Å². The van der Waals surface area contributed by atoms with Crippen molar-refractivity contribution in [1.82, 2.24) is 4.90 Å². The summed E-state index contributed by atoms with van der Waals surface area (Å²) in [6, 6.07) is 16.9. The lowest BCUT2D eigenvalue weighted by Gasteiger charge is -2.27. The van der Waals surface area contributed by atoms with Crippen molar-refractivity contribution in [3.8, 4) is 5.75 Å². The number of amides is 2. The molecule has 182 valence electrons. The van der Waals surface area contributed by atoms with Gasteiger partial charge in [0.25, 0.3) is 11.8 Å². The molecule has 1 aliphatic heterocycles. The minimum atomic E-state index is -0.319. The number of nitrogens with one attached hydrogen (secondary N) is 1. The Labute approximate surface area is 205 Å². The molecule has 3 aromatic rings. The summed E-state index contributed by atoms with van der Waals surface area (Å²) in [7, 11) is 5.43. The smallest absolute Gasteiger partial charge is 0.258 e. The van der Waals surface area contributed by atoms with Crippen LogP contribution in [0.15, 0.2) is 60.7 Å². The summed E-state index contributed by atoms with van der Waals surface area (Å²) in [6.07, 6.45) is 1.60. The van der Waals surface area contributed by atoms with E-state index in [0.29, 0.717) is 34.8 Å². The van der Waals surface area contributed by atoms with Crippen LogP contribution in [-0.2, 0) is 0 Å². The molecule has 35 heavy (non-hydrogen) atoms. The maximum atomic E-state index is 14.1. The Morgan fingerprint density at radius 2 is 1.86 bits per heavy atom. The van der Waals surface area contributed by atoms with E-state index in [4.69, 9.17) is 4.74 Å². The number of hydrogen-bond acceptors (Lipinski definition) is 4. The van der Waals surface area contributed by atoms with Crippen LogP contribution in [0.2, 0.25) is 0 Å². The highest BCUT2D eigenvalue weighted by molar-refractivity contribution is 6.09. The van der Waals surface area contributed by atoms with Crippen molar-refractivity contribution in [3.63, 3.8) is 0 Å². The molecule has 0 radical (unpaired) electrons. The lowest BCUT2D eigenvalue weighted by atomic mass is 10.0. The molecular formula is C28H30FN3O3. The third kappa shape index (κ3) is 5.05. The summed E-state index contributed by atoms with van der Waals surface area (Å²) in [5.74, 6) is -0.385. The summed E-state index contributed by atoms with van der Waals surface area (Å²) >= 11 is 0. The number of carbonyl (C=O) groups is 2. The molecule has 0 bridgehead atoms. The second-order valence-corrected chi connectivity index (χ2v) is 8.97. The van der Waals surface area contributed by atoms with Crippen molar-refractivity contribution in [2.45, 2.75) is 25.8 Å². The van der Waals surface area contributed by atoms with Crippen molar-refractivity contribution in [3.05, 3.63) is 88.7 Å². The van der Waals surface area contributed by atoms with Gasteiger partial charge in [0.15, 0.2) is 0 Å². The van der Waals surface area contributed by atoms with Gasteiger partial charge < -0.3 is 19.9 Å². The number of ether oxygens (including phenoxy) is 1. The molecule has 1 N–H and O–H groups in total. The first-order chi connectivity index (χ1) is 16.8. The Morgan fingerprint density at radius 1 is 1.09 bits per heavy atom. The zero-order valence-electron chi connectivity index (χ0n) is 20.5. The maximum absolute atomic E-state index is 14.1. The van der Waals surface area contributed by atoms with Crippen LogP contribution >= 0.6 is 0 Å². The van der Waals surface area contributed by atoms with E-state index in [-0.39, 0.29) is 23.7 Å². The number of hydrogen-bond donors (Lipinski definition) is 1. The van der Waals surface area contributed by atoms with Gasteiger partial charge >= 0.3 is 0 Å². The molecule has 0 aliphatic carbocycles. The Balaban J connectivity index is 1.64. The number of aryl methyl sites for hydroxylation is 1. The van der Waals surface area contributed by atoms with Gasteiger partial charge in [-0.15, -0.1) is 0 Å². The molecule has 0 saturated heterocycles. The third-order valence-electron chi connectivity index (χ3n) is 6.45. The predicted octanol–water partition coefficient (Wildman–Crippen LogP) is 5.44. The lowest BCUT2D eigenvalue weighted by molar-refractivity contribution is 0.0985. The quantitative estimate of drug-likeness (QED) is 0.534. The first-order valence-electron chi connectivity index (χ1n) is 11.6. The topological polar surface area (TPSA) is 61.9 Å². The molecule has 1 atom stereocenters. The van der Waals surface area contributed by atoms with Gasteiger partial charge in [0.05, 0.1) is 12.8 Å². The zero-order valence-corrected chi connectivity index (χ0v) is 20.5. The highest BCUT2D eigenvalue weighted by Gasteiger charge is 2.29. The molecule has 0 spiro atoms. The molecule has 3 aromatic carbocycles. The minimum absolute atomic E-state index is 0.0204. The molecule has 1 aliphatic rings. The van der Waals surface area contributed by atoms with Crippen molar-refractivity contribution < 1.29 is 18.7 Å². The zero-order chi connectivity index (χ0) is 25.1. The van der Waals surface area contributed by atoms with Gasteiger partial charge in [-0.1, -0.05) is 18.2 Å². The second kappa shape index (κ2) is 10.3. The normalized spacial score (nSPS) is 15.4. The van der Waals surface area contributed by atoms with Crippen LogP contribution in [0.3, 0.4) is 0 Å². The van der Waals surface area contributed by atoms with Crippen LogP contribution in [0.1, 0.15) is 50.7 Å². The fraction of sp³-hybridized carbons (Fsp3) is 0.286. The second-order valence-electron chi connectivity index (χ2n) is 8.97. The number of anilines is 2. The monoisotopic (exact) mass is 475 g/mol. The fourth-order valence-electron chi connectivity index (χ4n) is 4.60. The maximum Gasteiger partial charge on any atom is 0.258 e. The van der Waals surface area contributed by atoms with Gasteiger partial charge in [0.1, 0.15) is 11.6 Å². The summed E-state index contributed by atoms with van der Waals surface area (Å²) in [5.41, 5.74) is 3.85. The molecule has 0 fully saturated rings. The average Bonchev–Trinajstić information content (AvgIpc) is 3.03. The van der Waals surface area contributed by atoms with Crippen LogP contribution < -0.4 is 15.0 Å². The number of fused-ring (bicyclic) bond motifs is 1. The van der Waals surface area contributed by atoms with E-state index in [2.05, 4.69) is 10.2 Å². The first kappa shape index (κ1) is 24.4. The first-order valence-corrected chi connectivity index (χ1v) is 11.6. The Bertz CT molecular complexity index is 1260. The Hall–Kier alpha value is -3.71. The lowest BCUT2D eigenvalue weighted by Crippen LogP contribution is -2.32. The SMILES string of the molecule is COc1cc(C(=O)N2CCCC(N(C)C)c3cc(F)ccc32)ccc1NC(=O)c1ccccc1C. The minimum Gasteiger partial charge on any atom is -0.495 e.